The Labute approximate surface area is 147 Å². The van der Waals surface area contributed by atoms with E-state index in [2.05, 4.69) is 66.7 Å². The van der Waals surface area contributed by atoms with Crippen molar-refractivity contribution in [3.8, 4) is 11.1 Å². The average Bonchev–Trinajstić information content (AvgIpc) is 2.99. The Morgan fingerprint density at radius 1 is 0.880 bits per heavy atom. The lowest BCUT2D eigenvalue weighted by Gasteiger charge is -2.30. The Balaban J connectivity index is 1.83. The zero-order valence-corrected chi connectivity index (χ0v) is 14.5. The number of nitrogens with zero attached hydrogens (tertiary/aromatic N) is 1. The summed E-state index contributed by atoms with van der Waals surface area (Å²) in [6, 6.07) is 21.8. The van der Waals surface area contributed by atoms with Crippen LogP contribution < -0.4 is 10.4 Å². The molecule has 3 heteroatoms. The highest BCUT2D eigenvalue weighted by Crippen LogP contribution is 2.42. The van der Waals surface area contributed by atoms with Gasteiger partial charge in [-0.15, -0.1) is 0 Å². The second-order valence-corrected chi connectivity index (χ2v) is 6.73. The molecule has 0 fully saturated rings. The van der Waals surface area contributed by atoms with Crippen molar-refractivity contribution in [1.82, 2.24) is 5.43 Å². The first kappa shape index (κ1) is 15.9. The van der Waals surface area contributed by atoms with E-state index in [1.807, 2.05) is 12.1 Å². The smallest absolute Gasteiger partial charge is 0.123 e. The van der Waals surface area contributed by atoms with Crippen LogP contribution in [0.2, 0.25) is 0 Å². The second kappa shape index (κ2) is 6.34. The summed E-state index contributed by atoms with van der Waals surface area (Å²) in [6.07, 6.45) is 0.916. The number of fused-ring (bicyclic) bond motifs is 3. The van der Waals surface area contributed by atoms with E-state index in [9.17, 15) is 4.39 Å². The molecule has 1 N–H and O–H groups in total. The number of rotatable bonds is 4. The van der Waals surface area contributed by atoms with Gasteiger partial charge in [0, 0.05) is 12.5 Å². The lowest BCUT2D eigenvalue weighted by molar-refractivity contribution is 0.596. The third-order valence-corrected chi connectivity index (χ3v) is 4.54. The van der Waals surface area contributed by atoms with Crippen LogP contribution in [0.25, 0.3) is 11.1 Å². The van der Waals surface area contributed by atoms with Crippen LogP contribution >= 0.6 is 0 Å². The largest absolute Gasteiger partial charge is 0.276 e. The number of benzene rings is 3. The Morgan fingerprint density at radius 2 is 1.60 bits per heavy atom. The molecule has 0 unspecified atom stereocenters. The zero-order chi connectivity index (χ0) is 17.4. The first-order valence-electron chi connectivity index (χ1n) is 8.65. The van der Waals surface area contributed by atoms with Gasteiger partial charge in [-0.2, -0.15) is 0 Å². The van der Waals surface area contributed by atoms with E-state index in [0.29, 0.717) is 0 Å². The Bertz CT molecular complexity index is 900. The molecule has 0 aromatic heterocycles. The summed E-state index contributed by atoms with van der Waals surface area (Å²) >= 11 is 0. The van der Waals surface area contributed by atoms with Gasteiger partial charge in [0.2, 0.25) is 0 Å². The summed E-state index contributed by atoms with van der Waals surface area (Å²) in [4.78, 5) is 0. The molecular weight excluding hydrogens is 311 g/mol. The Morgan fingerprint density at radius 3 is 2.36 bits per heavy atom. The monoisotopic (exact) mass is 332 g/mol. The topological polar surface area (TPSA) is 15.3 Å². The van der Waals surface area contributed by atoms with Crippen LogP contribution in [-0.4, -0.2) is 6.04 Å². The maximum atomic E-state index is 13.4. The molecule has 0 atom stereocenters. The van der Waals surface area contributed by atoms with Gasteiger partial charge in [-0.1, -0.05) is 36.4 Å². The van der Waals surface area contributed by atoms with Crippen molar-refractivity contribution in [1.29, 1.82) is 0 Å². The van der Waals surface area contributed by atoms with Gasteiger partial charge >= 0.3 is 0 Å². The fraction of sp³-hybridized carbons (Fsp3) is 0.182. The number of anilines is 2. The van der Waals surface area contributed by atoms with E-state index in [1.54, 1.807) is 0 Å². The second-order valence-electron chi connectivity index (χ2n) is 6.73. The molecule has 1 aliphatic rings. The molecule has 126 valence electrons. The van der Waals surface area contributed by atoms with Gasteiger partial charge in [0.05, 0.1) is 11.4 Å². The lowest BCUT2D eigenvalue weighted by atomic mass is 10.0. The van der Waals surface area contributed by atoms with Gasteiger partial charge in [0.1, 0.15) is 5.82 Å². The van der Waals surface area contributed by atoms with Crippen molar-refractivity contribution in [2.45, 2.75) is 26.3 Å². The van der Waals surface area contributed by atoms with Crippen LogP contribution in [0, 0.1) is 5.82 Å². The minimum Gasteiger partial charge on any atom is -0.276 e. The fourth-order valence-electron chi connectivity index (χ4n) is 3.48. The summed E-state index contributed by atoms with van der Waals surface area (Å²) in [6.45, 7) is 4.21. The highest BCUT2D eigenvalue weighted by Gasteiger charge is 2.24. The molecule has 0 saturated heterocycles. The van der Waals surface area contributed by atoms with Crippen molar-refractivity contribution in [2.24, 2.45) is 0 Å². The van der Waals surface area contributed by atoms with Gasteiger partial charge < -0.3 is 0 Å². The van der Waals surface area contributed by atoms with E-state index >= 15 is 0 Å². The Kier molecular flexibility index (Phi) is 4.02. The van der Waals surface area contributed by atoms with E-state index in [1.165, 1.54) is 34.4 Å². The summed E-state index contributed by atoms with van der Waals surface area (Å²) in [5.41, 5.74) is 10.8. The van der Waals surface area contributed by atoms with Crippen LogP contribution in [-0.2, 0) is 6.42 Å². The van der Waals surface area contributed by atoms with Crippen molar-refractivity contribution in [2.75, 3.05) is 5.01 Å². The van der Waals surface area contributed by atoms with Crippen molar-refractivity contribution < 1.29 is 4.39 Å². The predicted octanol–water partition coefficient (Wildman–Crippen LogP) is 5.45. The maximum absolute atomic E-state index is 13.4. The van der Waals surface area contributed by atoms with E-state index in [4.69, 9.17) is 0 Å². The molecule has 3 aromatic carbocycles. The number of nitrogens with one attached hydrogen (secondary N) is 1. The molecule has 3 aromatic rings. The van der Waals surface area contributed by atoms with Crippen molar-refractivity contribution in [3.63, 3.8) is 0 Å². The van der Waals surface area contributed by atoms with E-state index in [0.717, 1.165) is 17.8 Å². The van der Waals surface area contributed by atoms with Crippen LogP contribution in [0.15, 0.2) is 66.7 Å². The first-order valence-corrected chi connectivity index (χ1v) is 8.65. The first-order chi connectivity index (χ1) is 12.1. The molecule has 0 spiro atoms. The van der Waals surface area contributed by atoms with Gasteiger partial charge in [0.15, 0.2) is 0 Å². The molecule has 1 aliphatic carbocycles. The molecule has 4 rings (SSSR count). The summed E-state index contributed by atoms with van der Waals surface area (Å²) in [5, 5.41) is 2.08. The highest BCUT2D eigenvalue weighted by atomic mass is 19.1. The van der Waals surface area contributed by atoms with Crippen molar-refractivity contribution >= 4 is 11.4 Å². The quantitative estimate of drug-likeness (QED) is 0.500. The van der Waals surface area contributed by atoms with E-state index < -0.39 is 0 Å². The minimum absolute atomic E-state index is 0.223. The SMILES string of the molecule is CC(C)NN(c1ccc(F)cc1)c1cccc2c1Cc1ccccc1-2. The van der Waals surface area contributed by atoms with Crippen LogP contribution in [0.3, 0.4) is 0 Å². The summed E-state index contributed by atoms with van der Waals surface area (Å²) in [5.74, 6) is -0.223. The molecule has 0 amide bonds. The van der Waals surface area contributed by atoms with Crippen LogP contribution in [0.1, 0.15) is 25.0 Å². The lowest BCUT2D eigenvalue weighted by Crippen LogP contribution is -2.39. The van der Waals surface area contributed by atoms with Gasteiger partial charge in [-0.25, -0.2) is 9.82 Å². The molecule has 0 radical (unpaired) electrons. The predicted molar refractivity (Wildman–Crippen MR) is 101 cm³/mol. The maximum Gasteiger partial charge on any atom is 0.123 e. The van der Waals surface area contributed by atoms with Gasteiger partial charge in [-0.3, -0.25) is 5.01 Å². The molecule has 2 nitrogen and oxygen atoms in total. The number of hydrogen-bond acceptors (Lipinski definition) is 2. The highest BCUT2D eigenvalue weighted by molar-refractivity contribution is 5.83. The normalized spacial score (nSPS) is 12.2. The van der Waals surface area contributed by atoms with E-state index in [-0.39, 0.29) is 11.9 Å². The average molecular weight is 332 g/mol. The van der Waals surface area contributed by atoms with Crippen LogP contribution in [0.4, 0.5) is 15.8 Å². The van der Waals surface area contributed by atoms with Crippen LogP contribution in [0.5, 0.6) is 0 Å². The van der Waals surface area contributed by atoms with Gasteiger partial charge in [0.25, 0.3) is 0 Å². The molecule has 0 heterocycles. The standard InChI is InChI=1S/C22H21FN2/c1-15(2)24-25(18-12-10-17(23)11-13-18)22-9-5-8-20-19-7-4-3-6-16(19)14-21(20)22/h3-13,15,24H,14H2,1-2H3. The Hall–Kier alpha value is -2.65. The third kappa shape index (κ3) is 2.92. The minimum atomic E-state index is -0.223. The molecule has 0 aliphatic heterocycles. The number of hydrogen-bond donors (Lipinski definition) is 1. The molecule has 25 heavy (non-hydrogen) atoms. The number of hydrazine groups is 1. The molecule has 0 bridgehead atoms. The zero-order valence-electron chi connectivity index (χ0n) is 14.5. The number of halogens is 1. The molecular formula is C22H21FN2. The van der Waals surface area contributed by atoms with Gasteiger partial charge in [-0.05, 0) is 66.4 Å². The third-order valence-electron chi connectivity index (χ3n) is 4.54. The summed E-state index contributed by atoms with van der Waals surface area (Å²) in [7, 11) is 0. The fourth-order valence-corrected chi connectivity index (χ4v) is 3.48. The summed E-state index contributed by atoms with van der Waals surface area (Å²) < 4.78 is 13.4. The molecule has 0 saturated carbocycles. The van der Waals surface area contributed by atoms with Crippen molar-refractivity contribution in [3.05, 3.63) is 83.7 Å².